The van der Waals surface area contributed by atoms with Crippen LogP contribution in [-0.4, -0.2) is 47.3 Å². The van der Waals surface area contributed by atoms with E-state index in [2.05, 4.69) is 26.6 Å². The zero-order valence-electron chi connectivity index (χ0n) is 18.6. The highest BCUT2D eigenvalue weighted by molar-refractivity contribution is 9.10. The number of ether oxygens (including phenoxy) is 1. The SMILES string of the molecule is CCCCC(COC(=O)N(Cc1ccc(Br)cc1)Cc1cccs1)NC(=O)NCCC(=O)O. The Kier molecular flexibility index (Phi) is 11.7. The Balaban J connectivity index is 1.97. The number of hydrogen-bond donors (Lipinski definition) is 3. The van der Waals surface area contributed by atoms with Crippen molar-refractivity contribution in [3.8, 4) is 0 Å². The molecule has 2 aromatic rings. The van der Waals surface area contributed by atoms with Crippen molar-refractivity contribution in [1.29, 1.82) is 0 Å². The van der Waals surface area contributed by atoms with Gasteiger partial charge in [0.2, 0.25) is 0 Å². The summed E-state index contributed by atoms with van der Waals surface area (Å²) in [6, 6.07) is 10.8. The van der Waals surface area contributed by atoms with Gasteiger partial charge in [-0.3, -0.25) is 9.69 Å². The van der Waals surface area contributed by atoms with Crippen molar-refractivity contribution in [2.45, 2.75) is 51.7 Å². The quantitative estimate of drug-likeness (QED) is 0.332. The lowest BCUT2D eigenvalue weighted by Gasteiger charge is -2.24. The minimum absolute atomic E-state index is 0.0310. The number of benzene rings is 1. The van der Waals surface area contributed by atoms with Crippen molar-refractivity contribution in [1.82, 2.24) is 15.5 Å². The lowest BCUT2D eigenvalue weighted by molar-refractivity contribution is -0.136. The van der Waals surface area contributed by atoms with Crippen LogP contribution in [0.3, 0.4) is 0 Å². The van der Waals surface area contributed by atoms with E-state index in [0.29, 0.717) is 19.5 Å². The molecule has 33 heavy (non-hydrogen) atoms. The van der Waals surface area contributed by atoms with Crippen LogP contribution in [0, 0.1) is 0 Å². The molecule has 180 valence electrons. The highest BCUT2D eigenvalue weighted by Crippen LogP contribution is 2.17. The van der Waals surface area contributed by atoms with Crippen molar-refractivity contribution in [3.63, 3.8) is 0 Å². The smallest absolute Gasteiger partial charge is 0.410 e. The van der Waals surface area contributed by atoms with E-state index in [1.165, 1.54) is 0 Å². The summed E-state index contributed by atoms with van der Waals surface area (Å²) in [5.41, 5.74) is 0.977. The van der Waals surface area contributed by atoms with Gasteiger partial charge in [0.15, 0.2) is 0 Å². The fraction of sp³-hybridized carbons (Fsp3) is 0.435. The molecule has 0 spiro atoms. The molecule has 0 aliphatic carbocycles. The summed E-state index contributed by atoms with van der Waals surface area (Å²) in [6.45, 7) is 2.93. The van der Waals surface area contributed by atoms with Gasteiger partial charge in [0, 0.05) is 22.4 Å². The largest absolute Gasteiger partial charge is 0.481 e. The second-order valence-corrected chi connectivity index (χ2v) is 9.47. The molecule has 0 saturated heterocycles. The van der Waals surface area contributed by atoms with Gasteiger partial charge < -0.3 is 20.5 Å². The van der Waals surface area contributed by atoms with Gasteiger partial charge in [0.05, 0.1) is 19.0 Å². The van der Waals surface area contributed by atoms with Gasteiger partial charge in [0.1, 0.15) is 6.61 Å². The lowest BCUT2D eigenvalue weighted by Crippen LogP contribution is -2.45. The van der Waals surface area contributed by atoms with Crippen LogP contribution in [0.1, 0.15) is 43.0 Å². The molecule has 8 nitrogen and oxygen atoms in total. The molecule has 1 heterocycles. The average molecular weight is 540 g/mol. The first-order valence-electron chi connectivity index (χ1n) is 10.8. The molecule has 1 atom stereocenters. The van der Waals surface area contributed by atoms with Gasteiger partial charge in [-0.05, 0) is 35.6 Å². The molecule has 1 aromatic carbocycles. The third kappa shape index (κ3) is 10.7. The summed E-state index contributed by atoms with van der Waals surface area (Å²) in [4.78, 5) is 38.3. The summed E-state index contributed by atoms with van der Waals surface area (Å²) in [5, 5.41) is 16.0. The number of urea groups is 1. The Labute approximate surface area is 206 Å². The monoisotopic (exact) mass is 539 g/mol. The molecule has 0 aliphatic rings. The maximum Gasteiger partial charge on any atom is 0.410 e. The number of carboxylic acids is 1. The number of thiophene rings is 1. The zero-order chi connectivity index (χ0) is 24.1. The first-order valence-corrected chi connectivity index (χ1v) is 12.5. The van der Waals surface area contributed by atoms with Crippen LogP contribution in [0.2, 0.25) is 0 Å². The summed E-state index contributed by atoms with van der Waals surface area (Å²) in [5.74, 6) is -0.983. The van der Waals surface area contributed by atoms with Crippen molar-refractivity contribution >= 4 is 45.4 Å². The number of halogens is 1. The molecule has 0 aliphatic heterocycles. The number of rotatable bonds is 13. The molecular weight excluding hydrogens is 510 g/mol. The van der Waals surface area contributed by atoms with Crippen LogP contribution in [0.25, 0.3) is 0 Å². The number of carbonyl (C=O) groups is 3. The van der Waals surface area contributed by atoms with Crippen molar-refractivity contribution in [2.75, 3.05) is 13.2 Å². The van der Waals surface area contributed by atoms with E-state index in [1.54, 1.807) is 16.2 Å². The Morgan fingerprint density at radius 2 is 1.94 bits per heavy atom. The fourth-order valence-corrected chi connectivity index (χ4v) is 4.00. The highest BCUT2D eigenvalue weighted by atomic mass is 79.9. The third-order valence-electron chi connectivity index (χ3n) is 4.75. The zero-order valence-corrected chi connectivity index (χ0v) is 21.0. The number of carboxylic acid groups (broad SMARTS) is 1. The van der Waals surface area contributed by atoms with Gasteiger partial charge in [0.25, 0.3) is 0 Å². The Morgan fingerprint density at radius 1 is 1.18 bits per heavy atom. The van der Waals surface area contributed by atoms with Gasteiger partial charge >= 0.3 is 18.1 Å². The summed E-state index contributed by atoms with van der Waals surface area (Å²) in [6.07, 6.45) is 1.82. The maximum atomic E-state index is 13.0. The predicted molar refractivity (Wildman–Crippen MR) is 131 cm³/mol. The number of amides is 3. The summed E-state index contributed by atoms with van der Waals surface area (Å²) < 4.78 is 6.56. The van der Waals surface area contributed by atoms with Crippen LogP contribution in [-0.2, 0) is 22.6 Å². The van der Waals surface area contributed by atoms with Crippen LogP contribution in [0.15, 0.2) is 46.3 Å². The van der Waals surface area contributed by atoms with Crippen molar-refractivity contribution < 1.29 is 24.2 Å². The van der Waals surface area contributed by atoms with Crippen LogP contribution in [0.5, 0.6) is 0 Å². The topological polar surface area (TPSA) is 108 Å². The summed E-state index contributed by atoms with van der Waals surface area (Å²) >= 11 is 4.99. The first-order chi connectivity index (χ1) is 15.9. The molecule has 0 radical (unpaired) electrons. The lowest BCUT2D eigenvalue weighted by atomic mass is 10.1. The van der Waals surface area contributed by atoms with Crippen molar-refractivity contribution in [3.05, 3.63) is 56.7 Å². The molecule has 3 N–H and O–H groups in total. The summed E-state index contributed by atoms with van der Waals surface area (Å²) in [7, 11) is 0. The van der Waals surface area contributed by atoms with Gasteiger partial charge in [-0.15, -0.1) is 11.3 Å². The van der Waals surface area contributed by atoms with Crippen LogP contribution < -0.4 is 10.6 Å². The second kappa shape index (κ2) is 14.5. The van der Waals surface area contributed by atoms with Crippen LogP contribution in [0.4, 0.5) is 9.59 Å². The van der Waals surface area contributed by atoms with Gasteiger partial charge in [-0.25, -0.2) is 9.59 Å². The number of nitrogens with one attached hydrogen (secondary N) is 2. The fourth-order valence-electron chi connectivity index (χ4n) is 3.02. The van der Waals surface area contributed by atoms with E-state index in [9.17, 15) is 14.4 Å². The standard InChI is InChI=1S/C23H30BrN3O5S/c1-2-3-5-19(26-22(30)25-12-11-21(28)29)16-32-23(31)27(15-20-6-4-13-33-20)14-17-7-9-18(24)10-8-17/h4,6-10,13,19H,2-3,5,11-12,14-16H2,1H3,(H,28,29)(H2,25,26,30). The Hall–Kier alpha value is -2.59. The molecule has 10 heteroatoms. The molecule has 1 aromatic heterocycles. The number of unbranched alkanes of at least 4 members (excludes halogenated alkanes) is 1. The van der Waals surface area contributed by atoms with Gasteiger partial charge in [-0.1, -0.05) is 53.9 Å². The van der Waals surface area contributed by atoms with E-state index in [4.69, 9.17) is 9.84 Å². The molecule has 3 amide bonds. The third-order valence-corrected chi connectivity index (χ3v) is 6.14. The highest BCUT2D eigenvalue weighted by Gasteiger charge is 2.20. The number of carbonyl (C=O) groups excluding carboxylic acids is 2. The Morgan fingerprint density at radius 3 is 2.58 bits per heavy atom. The van der Waals surface area contributed by atoms with E-state index in [-0.39, 0.29) is 25.6 Å². The Bertz CT molecular complexity index is 877. The minimum atomic E-state index is -0.983. The molecular formula is C23H30BrN3O5S. The number of nitrogens with zero attached hydrogens (tertiary/aromatic N) is 1. The number of hydrogen-bond acceptors (Lipinski definition) is 5. The van der Waals surface area contributed by atoms with E-state index in [1.807, 2.05) is 48.7 Å². The molecule has 2 rings (SSSR count). The molecule has 0 saturated carbocycles. The molecule has 0 fully saturated rings. The molecule has 0 bridgehead atoms. The predicted octanol–water partition coefficient (Wildman–Crippen LogP) is 4.98. The molecule has 1 unspecified atom stereocenters. The van der Waals surface area contributed by atoms with E-state index >= 15 is 0 Å². The first kappa shape index (κ1) is 26.7. The second-order valence-electron chi connectivity index (χ2n) is 7.52. The van der Waals surface area contributed by atoms with Gasteiger partial charge in [-0.2, -0.15) is 0 Å². The minimum Gasteiger partial charge on any atom is -0.481 e. The number of aliphatic carboxylic acids is 1. The van der Waals surface area contributed by atoms with E-state index < -0.39 is 18.1 Å². The van der Waals surface area contributed by atoms with Crippen molar-refractivity contribution in [2.24, 2.45) is 0 Å². The van der Waals surface area contributed by atoms with Crippen LogP contribution >= 0.6 is 27.3 Å². The average Bonchev–Trinajstić information content (AvgIpc) is 3.29. The normalized spacial score (nSPS) is 11.5. The van der Waals surface area contributed by atoms with E-state index in [0.717, 1.165) is 27.8 Å². The maximum absolute atomic E-state index is 13.0.